The molecule has 18 heavy (non-hydrogen) atoms. The standard InChI is InChI=1S/C16H26O2/c1-3-13-6-5-8-18-16(11-13)15-10-14(4-2)7-9-17-12-15/h10-11,15-16H,3-9,12H2,1-2H3. The van der Waals surface area contributed by atoms with Crippen molar-refractivity contribution in [1.29, 1.82) is 0 Å². The van der Waals surface area contributed by atoms with E-state index in [9.17, 15) is 0 Å². The summed E-state index contributed by atoms with van der Waals surface area (Å²) >= 11 is 0. The van der Waals surface area contributed by atoms with E-state index in [2.05, 4.69) is 26.0 Å². The van der Waals surface area contributed by atoms with Crippen LogP contribution >= 0.6 is 0 Å². The number of ether oxygens (including phenoxy) is 2. The van der Waals surface area contributed by atoms with Crippen LogP contribution in [0.2, 0.25) is 0 Å². The monoisotopic (exact) mass is 250 g/mol. The summed E-state index contributed by atoms with van der Waals surface area (Å²) in [6.45, 7) is 7.03. The van der Waals surface area contributed by atoms with Crippen LogP contribution in [-0.4, -0.2) is 25.9 Å². The molecule has 102 valence electrons. The third-order valence-corrected chi connectivity index (χ3v) is 4.01. The lowest BCUT2D eigenvalue weighted by Gasteiger charge is -2.21. The molecule has 2 unspecified atom stereocenters. The zero-order chi connectivity index (χ0) is 12.8. The van der Waals surface area contributed by atoms with Gasteiger partial charge < -0.3 is 9.47 Å². The van der Waals surface area contributed by atoms with Gasteiger partial charge in [-0.3, -0.25) is 0 Å². The van der Waals surface area contributed by atoms with Gasteiger partial charge in [0.1, 0.15) is 0 Å². The van der Waals surface area contributed by atoms with Gasteiger partial charge in [0.05, 0.1) is 19.3 Å². The highest BCUT2D eigenvalue weighted by atomic mass is 16.5. The van der Waals surface area contributed by atoms with Crippen LogP contribution in [0.5, 0.6) is 0 Å². The second kappa shape index (κ2) is 7.10. The lowest BCUT2D eigenvalue weighted by molar-refractivity contribution is 0.0241. The molecule has 0 aromatic heterocycles. The van der Waals surface area contributed by atoms with Crippen LogP contribution < -0.4 is 0 Å². The van der Waals surface area contributed by atoms with E-state index in [-0.39, 0.29) is 6.10 Å². The van der Waals surface area contributed by atoms with Crippen molar-refractivity contribution in [3.8, 4) is 0 Å². The lowest BCUT2D eigenvalue weighted by Crippen LogP contribution is -2.24. The SMILES string of the molecule is CCC1=CC(C2C=C(CC)CCOC2)OCCC1. The van der Waals surface area contributed by atoms with Crippen molar-refractivity contribution in [3.05, 3.63) is 23.3 Å². The molecule has 0 N–H and O–H groups in total. The molecule has 2 heterocycles. The number of rotatable bonds is 3. The maximum absolute atomic E-state index is 6.02. The quantitative estimate of drug-likeness (QED) is 0.708. The summed E-state index contributed by atoms with van der Waals surface area (Å²) in [7, 11) is 0. The fourth-order valence-electron chi connectivity index (χ4n) is 2.77. The van der Waals surface area contributed by atoms with Crippen LogP contribution in [0.4, 0.5) is 0 Å². The topological polar surface area (TPSA) is 18.5 Å². The Labute approximate surface area is 111 Å². The van der Waals surface area contributed by atoms with Crippen molar-refractivity contribution in [1.82, 2.24) is 0 Å². The van der Waals surface area contributed by atoms with Crippen LogP contribution in [0.25, 0.3) is 0 Å². The fraction of sp³-hybridized carbons (Fsp3) is 0.750. The molecule has 0 saturated carbocycles. The van der Waals surface area contributed by atoms with E-state index >= 15 is 0 Å². The molecule has 0 amide bonds. The van der Waals surface area contributed by atoms with Gasteiger partial charge in [-0.15, -0.1) is 0 Å². The molecule has 0 radical (unpaired) electrons. The van der Waals surface area contributed by atoms with Gasteiger partial charge >= 0.3 is 0 Å². The molecular weight excluding hydrogens is 224 g/mol. The maximum Gasteiger partial charge on any atom is 0.0843 e. The van der Waals surface area contributed by atoms with Crippen molar-refractivity contribution >= 4 is 0 Å². The number of allylic oxidation sites excluding steroid dienone is 1. The van der Waals surface area contributed by atoms with Gasteiger partial charge in [0.25, 0.3) is 0 Å². The third-order valence-electron chi connectivity index (χ3n) is 4.01. The summed E-state index contributed by atoms with van der Waals surface area (Å²) < 4.78 is 11.8. The third kappa shape index (κ3) is 3.69. The van der Waals surface area contributed by atoms with Gasteiger partial charge in [-0.05, 0) is 32.1 Å². The largest absolute Gasteiger partial charge is 0.380 e. The van der Waals surface area contributed by atoms with E-state index in [1.165, 1.54) is 12.0 Å². The lowest BCUT2D eigenvalue weighted by atomic mass is 9.96. The summed E-state index contributed by atoms with van der Waals surface area (Å²) in [5.41, 5.74) is 3.07. The minimum atomic E-state index is 0.224. The Morgan fingerprint density at radius 3 is 2.61 bits per heavy atom. The summed E-state index contributed by atoms with van der Waals surface area (Å²) in [5, 5.41) is 0. The van der Waals surface area contributed by atoms with E-state index in [0.717, 1.165) is 45.5 Å². The Bertz CT molecular complexity index is 285. The van der Waals surface area contributed by atoms with Crippen LogP contribution in [0.1, 0.15) is 46.0 Å². The highest BCUT2D eigenvalue weighted by molar-refractivity contribution is 5.14. The molecule has 0 aliphatic carbocycles. The van der Waals surface area contributed by atoms with Crippen molar-refractivity contribution < 1.29 is 9.47 Å². The second-order valence-electron chi connectivity index (χ2n) is 5.28. The molecule has 0 spiro atoms. The van der Waals surface area contributed by atoms with Crippen molar-refractivity contribution in [2.24, 2.45) is 5.92 Å². The summed E-state index contributed by atoms with van der Waals surface area (Å²) in [6, 6.07) is 0. The van der Waals surface area contributed by atoms with Crippen molar-refractivity contribution in [2.45, 2.75) is 52.1 Å². The first-order valence-electron chi connectivity index (χ1n) is 7.42. The summed E-state index contributed by atoms with van der Waals surface area (Å²) in [6.07, 6.45) is 10.7. The Kier molecular flexibility index (Phi) is 5.45. The normalized spacial score (nSPS) is 30.1. The summed E-state index contributed by atoms with van der Waals surface area (Å²) in [4.78, 5) is 0. The Balaban J connectivity index is 2.11. The van der Waals surface area contributed by atoms with Crippen LogP contribution in [-0.2, 0) is 9.47 Å². The van der Waals surface area contributed by atoms with E-state index < -0.39 is 0 Å². The predicted molar refractivity (Wildman–Crippen MR) is 74.6 cm³/mol. The minimum absolute atomic E-state index is 0.224. The Morgan fingerprint density at radius 1 is 1.06 bits per heavy atom. The fourth-order valence-corrected chi connectivity index (χ4v) is 2.77. The van der Waals surface area contributed by atoms with Gasteiger partial charge in [-0.2, -0.15) is 0 Å². The molecule has 0 fully saturated rings. The van der Waals surface area contributed by atoms with Crippen LogP contribution in [0.15, 0.2) is 23.3 Å². The maximum atomic E-state index is 6.02. The van der Waals surface area contributed by atoms with Gasteiger partial charge in [-0.1, -0.05) is 37.1 Å². The highest BCUT2D eigenvalue weighted by Crippen LogP contribution is 2.25. The number of hydrogen-bond acceptors (Lipinski definition) is 2. The number of hydrogen-bond donors (Lipinski definition) is 0. The van der Waals surface area contributed by atoms with Crippen LogP contribution in [0, 0.1) is 5.92 Å². The molecule has 2 heteroatoms. The van der Waals surface area contributed by atoms with Crippen molar-refractivity contribution in [2.75, 3.05) is 19.8 Å². The van der Waals surface area contributed by atoms with Gasteiger partial charge in [0, 0.05) is 12.5 Å². The molecule has 0 aromatic carbocycles. The summed E-state index contributed by atoms with van der Waals surface area (Å²) in [5.74, 6) is 0.405. The molecule has 0 aromatic rings. The molecule has 2 aliphatic rings. The second-order valence-corrected chi connectivity index (χ2v) is 5.28. The highest BCUT2D eigenvalue weighted by Gasteiger charge is 2.23. The van der Waals surface area contributed by atoms with Gasteiger partial charge in [0.2, 0.25) is 0 Å². The molecule has 0 saturated heterocycles. The molecule has 2 aliphatic heterocycles. The van der Waals surface area contributed by atoms with Gasteiger partial charge in [-0.25, -0.2) is 0 Å². The van der Waals surface area contributed by atoms with Gasteiger partial charge in [0.15, 0.2) is 0 Å². The van der Waals surface area contributed by atoms with Crippen molar-refractivity contribution in [3.63, 3.8) is 0 Å². The van der Waals surface area contributed by atoms with Crippen LogP contribution in [0.3, 0.4) is 0 Å². The molecule has 2 atom stereocenters. The molecular formula is C16H26O2. The molecule has 2 nitrogen and oxygen atoms in total. The molecule has 2 rings (SSSR count). The Morgan fingerprint density at radius 2 is 1.83 bits per heavy atom. The first-order chi connectivity index (χ1) is 8.83. The minimum Gasteiger partial charge on any atom is -0.380 e. The average molecular weight is 250 g/mol. The average Bonchev–Trinajstić information content (AvgIpc) is 2.78. The van der Waals surface area contributed by atoms with E-state index in [4.69, 9.17) is 9.47 Å². The first kappa shape index (κ1) is 13.8. The zero-order valence-corrected chi connectivity index (χ0v) is 11.8. The zero-order valence-electron chi connectivity index (χ0n) is 11.8. The van der Waals surface area contributed by atoms with E-state index in [0.29, 0.717) is 5.92 Å². The van der Waals surface area contributed by atoms with E-state index in [1.54, 1.807) is 5.57 Å². The smallest absolute Gasteiger partial charge is 0.0843 e. The Hall–Kier alpha value is -0.600. The molecule has 0 bridgehead atoms. The van der Waals surface area contributed by atoms with E-state index in [1.807, 2.05) is 0 Å². The predicted octanol–water partition coefficient (Wildman–Crippen LogP) is 3.87. The first-order valence-corrected chi connectivity index (χ1v) is 7.42.